The number of ether oxygens (including phenoxy) is 1. The molecule has 1 aromatic heterocycles. The topological polar surface area (TPSA) is 75.2 Å². The number of alkyl halides is 2. The molecule has 0 unspecified atom stereocenters. The summed E-state index contributed by atoms with van der Waals surface area (Å²) >= 11 is 0. The third kappa shape index (κ3) is 2.80. The van der Waals surface area contributed by atoms with Crippen molar-refractivity contribution in [3.8, 4) is 17.1 Å². The normalized spacial score (nSPS) is 11.7. The van der Waals surface area contributed by atoms with Gasteiger partial charge in [0.2, 0.25) is 0 Å². The lowest BCUT2D eigenvalue weighted by Crippen LogP contribution is -2.35. The van der Waals surface area contributed by atoms with E-state index in [4.69, 9.17) is 5.11 Å². The molecular weight excluding hydrogens is 318 g/mol. The van der Waals surface area contributed by atoms with Crippen LogP contribution >= 0.6 is 0 Å². The molecule has 3 rings (SSSR count). The molecule has 2 aromatic carbocycles. The van der Waals surface area contributed by atoms with E-state index in [1.165, 1.54) is 0 Å². The van der Waals surface area contributed by atoms with Gasteiger partial charge in [0.15, 0.2) is 0 Å². The Morgan fingerprint density at radius 2 is 1.83 bits per heavy atom. The summed E-state index contributed by atoms with van der Waals surface area (Å²) in [5, 5.41) is 8.51. The number of nitrogens with one attached hydrogen (secondary N) is 1. The van der Waals surface area contributed by atoms with E-state index in [0.717, 1.165) is 11.0 Å². The van der Waals surface area contributed by atoms with Crippen molar-refractivity contribution in [3.05, 3.63) is 47.5 Å². The average molecular weight is 332 g/mol. The third-order valence-corrected chi connectivity index (χ3v) is 3.60. The second-order valence-corrected chi connectivity index (χ2v) is 5.47. The summed E-state index contributed by atoms with van der Waals surface area (Å²) in [4.78, 5) is 18.2. The summed E-state index contributed by atoms with van der Waals surface area (Å²) in [6, 6.07) is 10.7. The highest BCUT2D eigenvalue weighted by molar-refractivity contribution is 5.79. The maximum absolute atomic E-state index is 13.3. The Kier molecular flexibility index (Phi) is 3.71. The first-order chi connectivity index (χ1) is 11.3. The van der Waals surface area contributed by atoms with E-state index in [0.29, 0.717) is 22.5 Å². The van der Waals surface area contributed by atoms with Crippen LogP contribution in [0.2, 0.25) is 0 Å². The fourth-order valence-electron chi connectivity index (χ4n) is 2.51. The molecule has 124 valence electrons. The molecule has 0 fully saturated rings. The summed E-state index contributed by atoms with van der Waals surface area (Å²) in [5.41, 5.74) is 3.14. The minimum Gasteiger partial charge on any atom is -0.474 e. The number of carbonyl (C=O) groups is 1. The number of aromatic amines is 1. The van der Waals surface area contributed by atoms with Gasteiger partial charge < -0.3 is 14.8 Å². The van der Waals surface area contributed by atoms with Crippen LogP contribution in [0.1, 0.15) is 11.1 Å². The van der Waals surface area contributed by atoms with E-state index in [9.17, 15) is 13.6 Å². The lowest BCUT2D eigenvalue weighted by molar-refractivity contribution is -0.211. The Morgan fingerprint density at radius 1 is 1.21 bits per heavy atom. The van der Waals surface area contributed by atoms with E-state index in [1.54, 1.807) is 26.0 Å². The second-order valence-electron chi connectivity index (χ2n) is 5.47. The molecule has 0 spiro atoms. The van der Waals surface area contributed by atoms with Gasteiger partial charge in [0, 0.05) is 5.56 Å². The van der Waals surface area contributed by atoms with Crippen molar-refractivity contribution < 1.29 is 23.4 Å². The molecule has 0 aliphatic carbocycles. The van der Waals surface area contributed by atoms with Gasteiger partial charge in [0.1, 0.15) is 11.6 Å². The van der Waals surface area contributed by atoms with Gasteiger partial charge in [-0.15, -0.1) is 0 Å². The SMILES string of the molecule is Cc1cc(-c2nc3ccccc3[nH]2)cc(C)c1OC(F)(F)C(=O)O. The first-order valence-electron chi connectivity index (χ1n) is 7.14. The number of halogens is 2. The number of H-pyrrole nitrogens is 1. The van der Waals surface area contributed by atoms with Crippen LogP contribution in [-0.2, 0) is 4.79 Å². The first kappa shape index (κ1) is 15.9. The first-order valence-corrected chi connectivity index (χ1v) is 7.14. The maximum Gasteiger partial charge on any atom is 0.501 e. The zero-order valence-corrected chi connectivity index (χ0v) is 12.9. The van der Waals surface area contributed by atoms with E-state index in [1.807, 2.05) is 24.3 Å². The molecule has 1 heterocycles. The van der Waals surface area contributed by atoms with Crippen molar-refractivity contribution in [2.45, 2.75) is 20.0 Å². The lowest BCUT2D eigenvalue weighted by Gasteiger charge is -2.17. The van der Waals surface area contributed by atoms with Gasteiger partial charge in [-0.2, -0.15) is 8.78 Å². The van der Waals surface area contributed by atoms with Gasteiger partial charge in [-0.1, -0.05) is 12.1 Å². The van der Waals surface area contributed by atoms with Crippen molar-refractivity contribution in [2.24, 2.45) is 0 Å². The van der Waals surface area contributed by atoms with Crippen LogP contribution in [0.3, 0.4) is 0 Å². The predicted octanol–water partition coefficient (Wildman–Crippen LogP) is 3.90. The van der Waals surface area contributed by atoms with Crippen LogP contribution in [0.25, 0.3) is 22.4 Å². The minimum atomic E-state index is -4.28. The van der Waals surface area contributed by atoms with Crippen LogP contribution < -0.4 is 4.74 Å². The largest absolute Gasteiger partial charge is 0.501 e. The molecule has 0 bridgehead atoms. The monoisotopic (exact) mass is 332 g/mol. The Hall–Kier alpha value is -2.96. The van der Waals surface area contributed by atoms with Crippen molar-refractivity contribution in [1.29, 1.82) is 0 Å². The molecule has 0 aliphatic heterocycles. The van der Waals surface area contributed by atoms with Crippen LogP contribution in [0.4, 0.5) is 8.78 Å². The van der Waals surface area contributed by atoms with Crippen LogP contribution in [-0.4, -0.2) is 27.2 Å². The predicted molar refractivity (Wildman–Crippen MR) is 84.2 cm³/mol. The van der Waals surface area contributed by atoms with Crippen molar-refractivity contribution in [2.75, 3.05) is 0 Å². The fraction of sp³-hybridized carbons (Fsp3) is 0.176. The molecule has 3 aromatic rings. The van der Waals surface area contributed by atoms with Crippen LogP contribution in [0.5, 0.6) is 5.75 Å². The molecule has 0 amide bonds. The number of para-hydroxylation sites is 2. The number of hydrogen-bond donors (Lipinski definition) is 2. The Balaban J connectivity index is 2.02. The van der Waals surface area contributed by atoms with Crippen molar-refractivity contribution in [1.82, 2.24) is 9.97 Å². The molecule has 2 N–H and O–H groups in total. The summed E-state index contributed by atoms with van der Waals surface area (Å²) < 4.78 is 31.0. The molecule has 0 atom stereocenters. The van der Waals surface area contributed by atoms with Crippen molar-refractivity contribution >= 4 is 17.0 Å². The molecule has 0 saturated heterocycles. The molecule has 0 aliphatic rings. The average Bonchev–Trinajstić information content (AvgIpc) is 2.94. The number of rotatable bonds is 4. The third-order valence-electron chi connectivity index (χ3n) is 3.60. The number of carboxylic acids is 1. The molecule has 24 heavy (non-hydrogen) atoms. The molecule has 7 heteroatoms. The summed E-state index contributed by atoms with van der Waals surface area (Å²) in [7, 11) is 0. The minimum absolute atomic E-state index is 0.151. The maximum atomic E-state index is 13.3. The second kappa shape index (κ2) is 5.59. The summed E-state index contributed by atoms with van der Waals surface area (Å²) in [5.74, 6) is -1.89. The van der Waals surface area contributed by atoms with Gasteiger partial charge in [-0.05, 0) is 49.2 Å². The number of carboxylic acid groups (broad SMARTS) is 1. The van der Waals surface area contributed by atoms with Gasteiger partial charge in [0.25, 0.3) is 0 Å². The molecule has 0 radical (unpaired) electrons. The van der Waals surface area contributed by atoms with Gasteiger partial charge >= 0.3 is 12.1 Å². The number of aromatic nitrogens is 2. The number of benzene rings is 2. The van der Waals surface area contributed by atoms with E-state index in [2.05, 4.69) is 14.7 Å². The number of nitrogens with zero attached hydrogens (tertiary/aromatic N) is 1. The zero-order valence-electron chi connectivity index (χ0n) is 12.9. The lowest BCUT2D eigenvalue weighted by atomic mass is 10.1. The number of aliphatic carboxylic acids is 1. The number of aryl methyl sites for hydroxylation is 2. The highest BCUT2D eigenvalue weighted by Gasteiger charge is 2.43. The number of fused-ring (bicyclic) bond motifs is 1. The van der Waals surface area contributed by atoms with E-state index in [-0.39, 0.29) is 5.75 Å². The Morgan fingerprint density at radius 3 is 2.42 bits per heavy atom. The molecule has 5 nitrogen and oxygen atoms in total. The summed E-state index contributed by atoms with van der Waals surface area (Å²) in [6.07, 6.45) is -4.28. The fourth-order valence-corrected chi connectivity index (χ4v) is 2.51. The molecular formula is C17H14F2N2O3. The highest BCUT2D eigenvalue weighted by atomic mass is 19.3. The standard InChI is InChI=1S/C17H14F2N2O3/c1-9-7-11(15-20-12-5-3-4-6-13(12)21-15)8-10(2)14(9)24-17(18,19)16(22)23/h3-8H,1-2H3,(H,20,21)(H,22,23). The van der Waals surface area contributed by atoms with Gasteiger partial charge in [-0.25, -0.2) is 9.78 Å². The Bertz CT molecular complexity index is 878. The van der Waals surface area contributed by atoms with Crippen molar-refractivity contribution in [3.63, 3.8) is 0 Å². The number of hydrogen-bond acceptors (Lipinski definition) is 3. The highest BCUT2D eigenvalue weighted by Crippen LogP contribution is 2.33. The number of imidazole rings is 1. The summed E-state index contributed by atoms with van der Waals surface area (Å²) in [6.45, 7) is 3.15. The Labute approximate surface area is 135 Å². The zero-order chi connectivity index (χ0) is 17.5. The van der Waals surface area contributed by atoms with E-state index < -0.39 is 12.1 Å². The van der Waals surface area contributed by atoms with E-state index >= 15 is 0 Å². The van der Waals surface area contributed by atoms with Crippen LogP contribution in [0.15, 0.2) is 36.4 Å². The van der Waals surface area contributed by atoms with Gasteiger partial charge in [0.05, 0.1) is 11.0 Å². The smallest absolute Gasteiger partial charge is 0.474 e. The van der Waals surface area contributed by atoms with Gasteiger partial charge in [-0.3, -0.25) is 0 Å². The quantitative estimate of drug-likeness (QED) is 0.760. The van der Waals surface area contributed by atoms with Crippen LogP contribution in [0, 0.1) is 13.8 Å². The molecule has 0 saturated carbocycles.